The van der Waals surface area contributed by atoms with Gasteiger partial charge in [0.15, 0.2) is 0 Å². The van der Waals surface area contributed by atoms with Gasteiger partial charge in [0.05, 0.1) is 23.4 Å². The molecule has 2 N–H and O–H groups in total. The third-order valence-electron chi connectivity index (χ3n) is 4.84. The lowest BCUT2D eigenvalue weighted by Gasteiger charge is -2.31. The van der Waals surface area contributed by atoms with Gasteiger partial charge in [-0.2, -0.15) is 8.42 Å². The Kier molecular flexibility index (Phi) is 5.48. The van der Waals surface area contributed by atoms with Gasteiger partial charge in [-0.15, -0.1) is 4.40 Å². The molecular formula is C19H20ClFN4O3S. The van der Waals surface area contributed by atoms with Crippen LogP contribution in [0.3, 0.4) is 0 Å². The van der Waals surface area contributed by atoms with Gasteiger partial charge in [0.1, 0.15) is 10.7 Å². The van der Waals surface area contributed by atoms with Crippen molar-refractivity contribution in [3.05, 3.63) is 47.2 Å². The molecule has 1 saturated heterocycles. The second-order valence-electron chi connectivity index (χ2n) is 6.96. The van der Waals surface area contributed by atoms with Crippen molar-refractivity contribution in [2.45, 2.75) is 11.0 Å². The Morgan fingerprint density at radius 3 is 2.86 bits per heavy atom. The molecule has 0 radical (unpaired) electrons. The van der Waals surface area contributed by atoms with Crippen LogP contribution in [0.5, 0.6) is 0 Å². The van der Waals surface area contributed by atoms with Crippen molar-refractivity contribution in [1.29, 1.82) is 0 Å². The summed E-state index contributed by atoms with van der Waals surface area (Å²) in [7, 11) is -1.93. The van der Waals surface area contributed by atoms with E-state index in [1.54, 1.807) is 18.2 Å². The van der Waals surface area contributed by atoms with Gasteiger partial charge in [-0.05, 0) is 19.2 Å². The molecule has 0 aliphatic carbocycles. The molecule has 1 unspecified atom stereocenters. The van der Waals surface area contributed by atoms with Crippen LogP contribution < -0.4 is 10.6 Å². The number of fused-ring (bicyclic) bond motifs is 1. The van der Waals surface area contributed by atoms with Gasteiger partial charge in [0.25, 0.3) is 10.0 Å². The number of guanidine groups is 1. The number of likely N-dealkylation sites (N-methyl/N-ethyl adjacent to an activating group) is 1. The Hall–Kier alpha value is -2.20. The van der Waals surface area contributed by atoms with Crippen LogP contribution in [-0.2, 0) is 14.8 Å². The SMILES string of the molecule is CN1CCOC(CNC2=NS(=O)(=O)c3cccc(-c4cccc(F)c4Cl)c3N2)C1. The van der Waals surface area contributed by atoms with Gasteiger partial charge >= 0.3 is 0 Å². The second kappa shape index (κ2) is 7.91. The average molecular weight is 439 g/mol. The normalized spacial score (nSPS) is 21.1. The molecule has 4 rings (SSSR count). The molecule has 0 bridgehead atoms. The van der Waals surface area contributed by atoms with E-state index < -0.39 is 15.8 Å². The number of anilines is 1. The van der Waals surface area contributed by atoms with Crippen molar-refractivity contribution in [1.82, 2.24) is 10.2 Å². The maximum atomic E-state index is 14.0. The fourth-order valence-electron chi connectivity index (χ4n) is 3.40. The minimum atomic E-state index is -3.93. The van der Waals surface area contributed by atoms with E-state index in [4.69, 9.17) is 16.3 Å². The largest absolute Gasteiger partial charge is 0.374 e. The summed E-state index contributed by atoms with van der Waals surface area (Å²) in [5.41, 5.74) is 1.17. The zero-order valence-corrected chi connectivity index (χ0v) is 17.2. The number of rotatable bonds is 3. The van der Waals surface area contributed by atoms with E-state index in [2.05, 4.69) is 19.9 Å². The van der Waals surface area contributed by atoms with Crippen molar-refractivity contribution >= 4 is 33.3 Å². The van der Waals surface area contributed by atoms with Crippen molar-refractivity contribution in [3.8, 4) is 11.1 Å². The van der Waals surface area contributed by atoms with Crippen molar-refractivity contribution < 1.29 is 17.5 Å². The van der Waals surface area contributed by atoms with Gasteiger partial charge < -0.3 is 20.3 Å². The van der Waals surface area contributed by atoms with E-state index in [1.165, 1.54) is 18.2 Å². The third-order valence-corrected chi connectivity index (χ3v) is 6.54. The van der Waals surface area contributed by atoms with Crippen molar-refractivity contribution in [2.75, 3.05) is 38.6 Å². The Morgan fingerprint density at radius 2 is 2.07 bits per heavy atom. The van der Waals surface area contributed by atoms with Crippen LogP contribution in [0.2, 0.25) is 5.02 Å². The number of nitrogens with zero attached hydrogens (tertiary/aromatic N) is 2. The molecule has 0 aromatic heterocycles. The van der Waals surface area contributed by atoms with Crippen LogP contribution >= 0.6 is 11.6 Å². The first-order valence-corrected chi connectivity index (χ1v) is 10.9. The zero-order valence-electron chi connectivity index (χ0n) is 15.7. The maximum Gasteiger partial charge on any atom is 0.287 e. The molecule has 0 spiro atoms. The summed E-state index contributed by atoms with van der Waals surface area (Å²) >= 11 is 6.13. The van der Waals surface area contributed by atoms with Crippen LogP contribution in [0, 0.1) is 5.82 Å². The lowest BCUT2D eigenvalue weighted by Crippen LogP contribution is -2.47. The molecule has 0 saturated carbocycles. The van der Waals surface area contributed by atoms with Crippen LogP contribution in [0.1, 0.15) is 0 Å². The van der Waals surface area contributed by atoms with Gasteiger partial charge in [-0.1, -0.05) is 35.9 Å². The predicted octanol–water partition coefficient (Wildman–Crippen LogP) is 2.54. The first-order chi connectivity index (χ1) is 13.8. The number of sulfonamides is 1. The summed E-state index contributed by atoms with van der Waals surface area (Å²) in [5.74, 6) is -0.486. The van der Waals surface area contributed by atoms with Crippen LogP contribution in [0.25, 0.3) is 11.1 Å². The Labute approximate surface area is 173 Å². The number of para-hydroxylation sites is 1. The van der Waals surface area contributed by atoms with Gasteiger partial charge in [-0.25, -0.2) is 4.39 Å². The second-order valence-corrected chi connectivity index (χ2v) is 8.91. The van der Waals surface area contributed by atoms with Crippen molar-refractivity contribution in [2.24, 2.45) is 4.40 Å². The highest BCUT2D eigenvalue weighted by molar-refractivity contribution is 7.90. The molecule has 2 aliphatic heterocycles. The molecule has 1 atom stereocenters. The first kappa shape index (κ1) is 20.1. The number of halogens is 2. The molecule has 2 heterocycles. The number of hydrogen-bond acceptors (Lipinski definition) is 6. The molecule has 0 amide bonds. The quantitative estimate of drug-likeness (QED) is 0.766. The summed E-state index contributed by atoms with van der Waals surface area (Å²) in [6.45, 7) is 2.60. The number of benzene rings is 2. The molecule has 2 aromatic rings. The Morgan fingerprint density at radius 1 is 1.31 bits per heavy atom. The number of morpholine rings is 1. The van der Waals surface area contributed by atoms with Crippen LogP contribution in [0.15, 0.2) is 45.7 Å². The summed E-state index contributed by atoms with van der Waals surface area (Å²) < 4.78 is 48.9. The predicted molar refractivity (Wildman–Crippen MR) is 110 cm³/mol. The highest BCUT2D eigenvalue weighted by Crippen LogP contribution is 2.39. The summed E-state index contributed by atoms with van der Waals surface area (Å²) in [4.78, 5) is 2.15. The third kappa shape index (κ3) is 4.09. The van der Waals surface area contributed by atoms with Gasteiger partial charge in [0, 0.05) is 30.8 Å². The molecule has 1 fully saturated rings. The molecule has 154 valence electrons. The smallest absolute Gasteiger partial charge is 0.287 e. The molecule has 2 aromatic carbocycles. The molecule has 29 heavy (non-hydrogen) atoms. The van der Waals surface area contributed by atoms with E-state index in [0.29, 0.717) is 30.0 Å². The zero-order chi connectivity index (χ0) is 20.6. The van der Waals surface area contributed by atoms with E-state index in [0.717, 1.165) is 13.1 Å². The fourth-order valence-corrected chi connectivity index (χ4v) is 4.75. The molecular weight excluding hydrogens is 419 g/mol. The van der Waals surface area contributed by atoms with Gasteiger partial charge in [-0.3, -0.25) is 0 Å². The monoisotopic (exact) mass is 438 g/mol. The Balaban J connectivity index is 1.65. The maximum absolute atomic E-state index is 14.0. The van der Waals surface area contributed by atoms with E-state index >= 15 is 0 Å². The van der Waals surface area contributed by atoms with Crippen LogP contribution in [0.4, 0.5) is 10.1 Å². The molecule has 2 aliphatic rings. The topological polar surface area (TPSA) is 83.0 Å². The number of hydrogen-bond donors (Lipinski definition) is 2. The molecule has 10 heteroatoms. The number of nitrogens with one attached hydrogen (secondary N) is 2. The summed E-state index contributed by atoms with van der Waals surface area (Å²) in [6, 6.07) is 9.13. The summed E-state index contributed by atoms with van der Waals surface area (Å²) in [6.07, 6.45) is -0.0877. The van der Waals surface area contributed by atoms with E-state index in [1.807, 2.05) is 7.05 Å². The number of ether oxygens (including phenoxy) is 1. The first-order valence-electron chi connectivity index (χ1n) is 9.08. The highest BCUT2D eigenvalue weighted by Gasteiger charge is 2.28. The van der Waals surface area contributed by atoms with E-state index in [9.17, 15) is 12.8 Å². The van der Waals surface area contributed by atoms with Crippen LogP contribution in [-0.4, -0.2) is 58.7 Å². The standard InChI is InChI=1S/C19H20ClFN4O3S/c1-25-8-9-28-12(11-25)10-22-19-23-18-14(13-4-2-6-15(21)17(13)20)5-3-7-16(18)29(26,27)24-19/h2-7,12H,8-11H2,1H3,(H2,22,23,24). The average Bonchev–Trinajstić information content (AvgIpc) is 2.68. The summed E-state index contributed by atoms with van der Waals surface area (Å²) in [5, 5.41) is 5.97. The van der Waals surface area contributed by atoms with Crippen molar-refractivity contribution in [3.63, 3.8) is 0 Å². The highest BCUT2D eigenvalue weighted by atomic mass is 35.5. The van der Waals surface area contributed by atoms with Gasteiger partial charge in [0.2, 0.25) is 5.96 Å². The Bertz CT molecular complexity index is 1080. The molecule has 7 nitrogen and oxygen atoms in total. The minimum absolute atomic E-state index is 0.00882. The lowest BCUT2D eigenvalue weighted by molar-refractivity contribution is -0.0160. The van der Waals surface area contributed by atoms with E-state index in [-0.39, 0.29) is 22.0 Å². The lowest BCUT2D eigenvalue weighted by atomic mass is 10.0. The fraction of sp³-hybridized carbons (Fsp3) is 0.316. The minimum Gasteiger partial charge on any atom is -0.374 e.